The largest absolute Gasteiger partial charge is 0.349 e. The molecule has 0 aromatic heterocycles. The van der Waals surface area contributed by atoms with Gasteiger partial charge >= 0.3 is 0 Å². The quantitative estimate of drug-likeness (QED) is 0.930. The van der Waals surface area contributed by atoms with Crippen molar-refractivity contribution in [1.82, 2.24) is 5.32 Å². The first-order valence-corrected chi connectivity index (χ1v) is 9.37. The maximum atomic E-state index is 12.2. The van der Waals surface area contributed by atoms with Gasteiger partial charge in [-0.15, -0.1) is 0 Å². The molecule has 2 rings (SSSR count). The van der Waals surface area contributed by atoms with Crippen LogP contribution in [-0.2, 0) is 14.6 Å². The van der Waals surface area contributed by atoms with Gasteiger partial charge in [0.15, 0.2) is 9.84 Å². The number of amides is 1. The van der Waals surface area contributed by atoms with Crippen LogP contribution < -0.4 is 5.32 Å². The summed E-state index contributed by atoms with van der Waals surface area (Å²) >= 11 is 0. The third kappa shape index (κ3) is 4.30. The topological polar surface area (TPSA) is 63.2 Å². The fraction of sp³-hybridized carbons (Fsp3) is 0.562. The number of rotatable bonds is 4. The fourth-order valence-electron chi connectivity index (χ4n) is 2.78. The lowest BCUT2D eigenvalue weighted by molar-refractivity contribution is -0.126. The van der Waals surface area contributed by atoms with Gasteiger partial charge in [0, 0.05) is 12.2 Å². The Bertz CT molecular complexity index is 586. The summed E-state index contributed by atoms with van der Waals surface area (Å²) in [6.45, 7) is 1.93. The van der Waals surface area contributed by atoms with Crippen LogP contribution in [0.3, 0.4) is 0 Å². The molecule has 0 spiro atoms. The molecular weight excluding hydrogens is 286 g/mol. The van der Waals surface area contributed by atoms with E-state index in [0.29, 0.717) is 4.90 Å². The van der Waals surface area contributed by atoms with E-state index in [1.807, 2.05) is 6.92 Å². The van der Waals surface area contributed by atoms with Crippen LogP contribution in [0.1, 0.15) is 50.6 Å². The molecule has 4 nitrogen and oxygen atoms in total. The second-order valence-corrected chi connectivity index (χ2v) is 7.92. The van der Waals surface area contributed by atoms with Gasteiger partial charge < -0.3 is 5.32 Å². The zero-order valence-corrected chi connectivity index (χ0v) is 13.4. The van der Waals surface area contributed by atoms with Gasteiger partial charge in [-0.2, -0.15) is 0 Å². The van der Waals surface area contributed by atoms with Crippen LogP contribution in [0, 0.1) is 5.92 Å². The van der Waals surface area contributed by atoms with Gasteiger partial charge in [-0.05, 0) is 37.5 Å². The fourth-order valence-corrected chi connectivity index (χ4v) is 3.41. The van der Waals surface area contributed by atoms with Gasteiger partial charge in [0.25, 0.3) is 0 Å². The first kappa shape index (κ1) is 16.0. The molecule has 1 saturated carbocycles. The molecule has 0 unspecified atom stereocenters. The van der Waals surface area contributed by atoms with E-state index in [2.05, 4.69) is 5.32 Å². The van der Waals surface area contributed by atoms with Gasteiger partial charge in [-0.3, -0.25) is 4.79 Å². The minimum atomic E-state index is -3.17. The van der Waals surface area contributed by atoms with Crippen molar-refractivity contribution in [2.24, 2.45) is 5.92 Å². The number of benzene rings is 1. The predicted octanol–water partition coefficient (Wildman–Crippen LogP) is 2.85. The molecule has 1 atom stereocenters. The first-order chi connectivity index (χ1) is 9.88. The highest BCUT2D eigenvalue weighted by atomic mass is 32.2. The molecule has 0 saturated heterocycles. The summed E-state index contributed by atoms with van der Waals surface area (Å²) in [5.41, 5.74) is 0.923. The Kier molecular flexibility index (Phi) is 5.04. The average Bonchev–Trinajstić information content (AvgIpc) is 2.47. The number of sulfone groups is 1. The summed E-state index contributed by atoms with van der Waals surface area (Å²) < 4.78 is 22.9. The molecule has 21 heavy (non-hydrogen) atoms. The molecule has 1 fully saturated rings. The molecule has 1 aliphatic carbocycles. The highest BCUT2D eigenvalue weighted by Gasteiger charge is 2.22. The Hall–Kier alpha value is -1.36. The Labute approximate surface area is 126 Å². The van der Waals surface area contributed by atoms with Gasteiger partial charge in [0.05, 0.1) is 10.9 Å². The van der Waals surface area contributed by atoms with E-state index in [1.165, 1.54) is 12.7 Å². The van der Waals surface area contributed by atoms with E-state index in [1.54, 1.807) is 24.3 Å². The number of carbonyl (C=O) groups is 1. The number of hydrogen-bond acceptors (Lipinski definition) is 3. The van der Waals surface area contributed by atoms with Crippen molar-refractivity contribution in [1.29, 1.82) is 0 Å². The molecule has 1 N–H and O–H groups in total. The van der Waals surface area contributed by atoms with Crippen molar-refractivity contribution < 1.29 is 13.2 Å². The van der Waals surface area contributed by atoms with E-state index >= 15 is 0 Å². The summed E-state index contributed by atoms with van der Waals surface area (Å²) in [4.78, 5) is 12.5. The number of nitrogens with one attached hydrogen (secondary N) is 1. The first-order valence-electron chi connectivity index (χ1n) is 7.48. The van der Waals surface area contributed by atoms with Crippen LogP contribution in [0.2, 0.25) is 0 Å². The molecular formula is C16H23NO3S. The number of hydrogen-bond donors (Lipinski definition) is 1. The normalized spacial score (nSPS) is 18.2. The zero-order valence-electron chi connectivity index (χ0n) is 12.6. The Morgan fingerprint density at radius 2 is 1.71 bits per heavy atom. The van der Waals surface area contributed by atoms with Gasteiger partial charge in [-0.1, -0.05) is 31.4 Å². The smallest absolute Gasteiger partial charge is 0.223 e. The number of carbonyl (C=O) groups excluding carboxylic acids is 1. The van der Waals surface area contributed by atoms with E-state index in [-0.39, 0.29) is 17.9 Å². The van der Waals surface area contributed by atoms with E-state index in [0.717, 1.165) is 31.2 Å². The van der Waals surface area contributed by atoms with E-state index in [9.17, 15) is 13.2 Å². The maximum Gasteiger partial charge on any atom is 0.223 e. The van der Waals surface area contributed by atoms with Crippen LogP contribution in [0.25, 0.3) is 0 Å². The predicted molar refractivity (Wildman–Crippen MR) is 82.7 cm³/mol. The van der Waals surface area contributed by atoms with Gasteiger partial charge in [0.1, 0.15) is 0 Å². The lowest BCUT2D eigenvalue weighted by atomic mass is 9.88. The minimum Gasteiger partial charge on any atom is -0.349 e. The Balaban J connectivity index is 1.99. The zero-order chi connectivity index (χ0) is 15.5. The second kappa shape index (κ2) is 6.60. The molecule has 1 aromatic rings. The molecule has 5 heteroatoms. The van der Waals surface area contributed by atoms with E-state index < -0.39 is 9.84 Å². The molecule has 0 heterocycles. The maximum absolute atomic E-state index is 12.2. The van der Waals surface area contributed by atoms with Crippen molar-refractivity contribution in [3.8, 4) is 0 Å². The Morgan fingerprint density at radius 1 is 1.14 bits per heavy atom. The average molecular weight is 309 g/mol. The lowest BCUT2D eigenvalue weighted by Crippen LogP contribution is -2.33. The molecule has 0 bridgehead atoms. The van der Waals surface area contributed by atoms with Crippen LogP contribution >= 0.6 is 0 Å². The van der Waals surface area contributed by atoms with Gasteiger partial charge in [0.2, 0.25) is 5.91 Å². The highest BCUT2D eigenvalue weighted by Crippen LogP contribution is 2.25. The van der Waals surface area contributed by atoms with Crippen LogP contribution in [-0.4, -0.2) is 20.6 Å². The SMILES string of the molecule is C[C@H](NC(=O)C1CCCCC1)c1ccc(S(C)(=O)=O)cc1. The molecule has 116 valence electrons. The molecule has 0 radical (unpaired) electrons. The Morgan fingerprint density at radius 3 is 2.24 bits per heavy atom. The van der Waals surface area contributed by atoms with Crippen LogP contribution in [0.5, 0.6) is 0 Å². The van der Waals surface area contributed by atoms with Crippen molar-refractivity contribution in [3.63, 3.8) is 0 Å². The summed E-state index contributed by atoms with van der Waals surface area (Å²) in [6.07, 6.45) is 6.64. The standard InChI is InChI=1S/C16H23NO3S/c1-12(17-16(18)14-6-4-3-5-7-14)13-8-10-15(11-9-13)21(2,19)20/h8-12,14H,3-7H2,1-2H3,(H,17,18)/t12-/m0/s1. The molecule has 1 amide bonds. The van der Waals surface area contributed by atoms with Crippen molar-refractivity contribution >= 4 is 15.7 Å². The molecule has 0 aliphatic heterocycles. The van der Waals surface area contributed by atoms with Crippen LogP contribution in [0.4, 0.5) is 0 Å². The van der Waals surface area contributed by atoms with Crippen LogP contribution in [0.15, 0.2) is 29.2 Å². The molecule has 1 aromatic carbocycles. The minimum absolute atomic E-state index is 0.104. The molecule has 1 aliphatic rings. The summed E-state index contributed by atoms with van der Waals surface area (Å²) in [5.74, 6) is 0.255. The third-order valence-corrected chi connectivity index (χ3v) is 5.27. The summed E-state index contributed by atoms with van der Waals surface area (Å²) in [7, 11) is -3.17. The van der Waals surface area contributed by atoms with Crippen molar-refractivity contribution in [3.05, 3.63) is 29.8 Å². The second-order valence-electron chi connectivity index (χ2n) is 5.91. The van der Waals surface area contributed by atoms with Crippen molar-refractivity contribution in [2.75, 3.05) is 6.26 Å². The van der Waals surface area contributed by atoms with Crippen molar-refractivity contribution in [2.45, 2.75) is 50.0 Å². The summed E-state index contributed by atoms with van der Waals surface area (Å²) in [6, 6.07) is 6.61. The highest BCUT2D eigenvalue weighted by molar-refractivity contribution is 7.90. The van der Waals surface area contributed by atoms with Gasteiger partial charge in [-0.25, -0.2) is 8.42 Å². The monoisotopic (exact) mass is 309 g/mol. The van der Waals surface area contributed by atoms with E-state index in [4.69, 9.17) is 0 Å². The third-order valence-electron chi connectivity index (χ3n) is 4.14. The lowest BCUT2D eigenvalue weighted by Gasteiger charge is -2.23. The summed E-state index contributed by atoms with van der Waals surface area (Å²) in [5, 5.41) is 3.04.